The minimum absolute atomic E-state index is 0.0754. The molecule has 24 heavy (non-hydrogen) atoms. The molecule has 0 aliphatic carbocycles. The minimum atomic E-state index is -0.446. The predicted octanol–water partition coefficient (Wildman–Crippen LogP) is 3.75. The van der Waals surface area contributed by atoms with Gasteiger partial charge in [0.25, 0.3) is 0 Å². The summed E-state index contributed by atoms with van der Waals surface area (Å²) >= 11 is 3.12. The Bertz CT molecular complexity index is 845. The van der Waals surface area contributed by atoms with Crippen molar-refractivity contribution in [1.82, 2.24) is 9.78 Å². The quantitative estimate of drug-likeness (QED) is 0.630. The van der Waals surface area contributed by atoms with Crippen LogP contribution in [0.1, 0.15) is 15.2 Å². The van der Waals surface area contributed by atoms with Crippen LogP contribution in [0.4, 0.5) is 0 Å². The van der Waals surface area contributed by atoms with E-state index in [-0.39, 0.29) is 12.5 Å². The van der Waals surface area contributed by atoms with Crippen LogP contribution in [0.5, 0.6) is 0 Å². The monoisotopic (exact) mass is 357 g/mol. The van der Waals surface area contributed by atoms with E-state index in [2.05, 4.69) is 11.2 Å². The van der Waals surface area contributed by atoms with Crippen LogP contribution in [0.25, 0.3) is 10.6 Å². The Hall–Kier alpha value is -2.43. The first-order chi connectivity index (χ1) is 11.7. The number of thiophene rings is 2. The van der Waals surface area contributed by atoms with Gasteiger partial charge in [0.2, 0.25) is 0 Å². The average Bonchev–Trinajstić information content (AvgIpc) is 3.31. The van der Waals surface area contributed by atoms with Gasteiger partial charge in [0, 0.05) is 24.5 Å². The van der Waals surface area contributed by atoms with Crippen LogP contribution in [-0.2, 0) is 18.2 Å². The van der Waals surface area contributed by atoms with Crippen LogP contribution in [0, 0.1) is 17.2 Å². The topological polar surface area (TPSA) is 67.9 Å². The normalized spacial score (nSPS) is 11.8. The Kier molecular flexibility index (Phi) is 5.08. The van der Waals surface area contributed by atoms with Gasteiger partial charge in [0.15, 0.2) is 0 Å². The smallest absolute Gasteiger partial charge is 0.342 e. The van der Waals surface area contributed by atoms with Crippen LogP contribution < -0.4 is 0 Å². The van der Waals surface area contributed by atoms with Crippen molar-refractivity contribution in [2.24, 2.45) is 13.0 Å². The molecule has 0 aromatic carbocycles. The zero-order chi connectivity index (χ0) is 16.9. The largest absolute Gasteiger partial charge is 0.461 e. The molecule has 0 bridgehead atoms. The summed E-state index contributed by atoms with van der Waals surface area (Å²) in [6, 6.07) is 9.96. The molecule has 0 amide bonds. The number of esters is 1. The summed E-state index contributed by atoms with van der Waals surface area (Å²) in [4.78, 5) is 14.4. The highest BCUT2D eigenvalue weighted by Crippen LogP contribution is 2.27. The molecule has 0 fully saturated rings. The Balaban J connectivity index is 1.68. The van der Waals surface area contributed by atoms with Crippen LogP contribution >= 0.6 is 22.7 Å². The van der Waals surface area contributed by atoms with Crippen molar-refractivity contribution in [2.45, 2.75) is 6.42 Å². The first-order valence-electron chi connectivity index (χ1n) is 7.34. The van der Waals surface area contributed by atoms with Crippen molar-refractivity contribution >= 4 is 28.6 Å². The Labute approximate surface area is 147 Å². The number of carbonyl (C=O) groups is 1. The first-order valence-corrected chi connectivity index (χ1v) is 9.10. The molecule has 3 heterocycles. The standard InChI is InChI=1S/C17H15N3O2S2/c1-20-10-14(16(19-20)15-5-3-7-24-15)17(21)22-11-12(9-18)8-13-4-2-6-23-13/h2-7,10,12H,8,11H2,1H3. The van der Waals surface area contributed by atoms with E-state index in [1.807, 2.05) is 35.0 Å². The fourth-order valence-corrected chi connectivity index (χ4v) is 3.81. The molecule has 0 N–H and O–H groups in total. The highest BCUT2D eigenvalue weighted by atomic mass is 32.1. The van der Waals surface area contributed by atoms with Gasteiger partial charge >= 0.3 is 5.97 Å². The lowest BCUT2D eigenvalue weighted by molar-refractivity contribution is 0.0469. The molecule has 7 heteroatoms. The van der Waals surface area contributed by atoms with Gasteiger partial charge in [-0.15, -0.1) is 22.7 Å². The van der Waals surface area contributed by atoms with Crippen LogP contribution in [0.15, 0.2) is 41.2 Å². The third-order valence-corrected chi connectivity index (χ3v) is 5.20. The molecule has 0 spiro atoms. The number of hydrogen-bond donors (Lipinski definition) is 0. The molecule has 0 aliphatic heterocycles. The van der Waals surface area contributed by atoms with E-state index in [0.717, 1.165) is 9.75 Å². The molecule has 0 radical (unpaired) electrons. The molecule has 0 saturated heterocycles. The molecule has 3 aromatic heterocycles. The molecule has 1 atom stereocenters. The summed E-state index contributed by atoms with van der Waals surface area (Å²) in [5.41, 5.74) is 1.04. The van der Waals surface area contributed by atoms with Crippen LogP contribution in [-0.4, -0.2) is 22.4 Å². The maximum Gasteiger partial charge on any atom is 0.342 e. The Morgan fingerprint density at radius 1 is 1.38 bits per heavy atom. The fourth-order valence-electron chi connectivity index (χ4n) is 2.30. The van der Waals surface area contributed by atoms with E-state index < -0.39 is 5.97 Å². The van der Waals surface area contributed by atoms with Gasteiger partial charge < -0.3 is 4.74 Å². The summed E-state index contributed by atoms with van der Waals surface area (Å²) in [5.74, 6) is -0.799. The Morgan fingerprint density at radius 3 is 2.83 bits per heavy atom. The summed E-state index contributed by atoms with van der Waals surface area (Å²) in [6.07, 6.45) is 2.24. The lowest BCUT2D eigenvalue weighted by atomic mass is 10.1. The van der Waals surface area contributed by atoms with Gasteiger partial charge in [-0.2, -0.15) is 10.4 Å². The van der Waals surface area contributed by atoms with Gasteiger partial charge in [0.1, 0.15) is 17.9 Å². The minimum Gasteiger partial charge on any atom is -0.461 e. The lowest BCUT2D eigenvalue weighted by Crippen LogP contribution is -2.15. The zero-order valence-electron chi connectivity index (χ0n) is 13.0. The molecule has 5 nitrogen and oxygen atoms in total. The first kappa shape index (κ1) is 16.4. The van der Waals surface area contributed by atoms with Crippen molar-refractivity contribution in [3.8, 4) is 16.6 Å². The summed E-state index contributed by atoms with van der Waals surface area (Å²) in [5, 5.41) is 17.5. The summed E-state index contributed by atoms with van der Waals surface area (Å²) in [7, 11) is 1.77. The van der Waals surface area contributed by atoms with E-state index in [1.54, 1.807) is 29.3 Å². The second kappa shape index (κ2) is 7.43. The van der Waals surface area contributed by atoms with Crippen molar-refractivity contribution in [3.05, 3.63) is 51.7 Å². The number of hydrogen-bond acceptors (Lipinski definition) is 6. The third-order valence-electron chi connectivity index (χ3n) is 3.43. The molecule has 122 valence electrons. The van der Waals surface area contributed by atoms with E-state index in [0.29, 0.717) is 17.7 Å². The fraction of sp³-hybridized carbons (Fsp3) is 0.235. The van der Waals surface area contributed by atoms with Crippen LogP contribution in [0.2, 0.25) is 0 Å². The van der Waals surface area contributed by atoms with E-state index >= 15 is 0 Å². The van der Waals surface area contributed by atoms with Gasteiger partial charge in [0.05, 0.1) is 16.9 Å². The molecular weight excluding hydrogens is 342 g/mol. The highest BCUT2D eigenvalue weighted by molar-refractivity contribution is 7.13. The second-order valence-electron chi connectivity index (χ2n) is 5.25. The maximum absolute atomic E-state index is 12.4. The summed E-state index contributed by atoms with van der Waals surface area (Å²) in [6.45, 7) is 0.0754. The third kappa shape index (κ3) is 3.72. The van der Waals surface area contributed by atoms with Gasteiger partial charge in [-0.05, 0) is 22.9 Å². The van der Waals surface area contributed by atoms with Gasteiger partial charge in [-0.1, -0.05) is 12.1 Å². The lowest BCUT2D eigenvalue weighted by Gasteiger charge is -2.09. The van der Waals surface area contributed by atoms with E-state index in [4.69, 9.17) is 4.74 Å². The maximum atomic E-state index is 12.4. The van der Waals surface area contributed by atoms with Crippen molar-refractivity contribution in [2.75, 3.05) is 6.61 Å². The number of nitrogens with zero attached hydrogens (tertiary/aromatic N) is 3. The van der Waals surface area contributed by atoms with Gasteiger partial charge in [-0.25, -0.2) is 4.79 Å². The Morgan fingerprint density at radius 2 is 2.17 bits per heavy atom. The average molecular weight is 357 g/mol. The number of carbonyl (C=O) groups excluding carboxylic acids is 1. The van der Waals surface area contributed by atoms with Crippen molar-refractivity contribution in [3.63, 3.8) is 0 Å². The van der Waals surface area contributed by atoms with E-state index in [9.17, 15) is 10.1 Å². The summed E-state index contributed by atoms with van der Waals surface area (Å²) < 4.78 is 6.97. The van der Waals surface area contributed by atoms with Crippen molar-refractivity contribution in [1.29, 1.82) is 5.26 Å². The number of aromatic nitrogens is 2. The zero-order valence-corrected chi connectivity index (χ0v) is 14.6. The highest BCUT2D eigenvalue weighted by Gasteiger charge is 2.21. The molecule has 3 aromatic rings. The molecule has 3 rings (SSSR count). The van der Waals surface area contributed by atoms with Crippen molar-refractivity contribution < 1.29 is 9.53 Å². The SMILES string of the molecule is Cn1cc(C(=O)OCC(C#N)Cc2cccs2)c(-c2cccs2)n1. The number of rotatable bonds is 6. The second-order valence-corrected chi connectivity index (χ2v) is 7.23. The number of ether oxygens (including phenoxy) is 1. The molecular formula is C17H15N3O2S2. The number of aryl methyl sites for hydroxylation is 1. The van der Waals surface area contributed by atoms with Gasteiger partial charge in [-0.3, -0.25) is 4.68 Å². The number of nitriles is 1. The molecule has 1 unspecified atom stereocenters. The molecule has 0 aliphatic rings. The van der Waals surface area contributed by atoms with Crippen LogP contribution in [0.3, 0.4) is 0 Å². The van der Waals surface area contributed by atoms with E-state index in [1.165, 1.54) is 11.3 Å². The molecule has 0 saturated carbocycles. The predicted molar refractivity (Wildman–Crippen MR) is 93.9 cm³/mol.